The van der Waals surface area contributed by atoms with Crippen LogP contribution in [0.1, 0.15) is 16.1 Å². The number of amides is 1. The van der Waals surface area contributed by atoms with Gasteiger partial charge >= 0.3 is 0 Å². The van der Waals surface area contributed by atoms with Gasteiger partial charge in [0.25, 0.3) is 5.91 Å². The zero-order valence-electron chi connectivity index (χ0n) is 8.27. The SMILES string of the molecule is Cc1cc(Br)cnc1NC(=O)c1csnn1. The highest BCUT2D eigenvalue weighted by atomic mass is 79.9. The van der Waals surface area contributed by atoms with Crippen LogP contribution in [0.15, 0.2) is 22.1 Å². The standard InChI is InChI=1S/C9H7BrN4OS/c1-5-2-6(10)3-11-8(5)12-9(15)7-4-16-14-13-7/h2-4H,1H3,(H,11,12,15). The smallest absolute Gasteiger partial charge is 0.278 e. The number of anilines is 1. The van der Waals surface area contributed by atoms with Crippen LogP contribution >= 0.6 is 27.5 Å². The highest BCUT2D eigenvalue weighted by molar-refractivity contribution is 9.10. The van der Waals surface area contributed by atoms with E-state index in [-0.39, 0.29) is 5.91 Å². The Morgan fingerprint density at radius 2 is 2.38 bits per heavy atom. The van der Waals surface area contributed by atoms with Gasteiger partial charge in [-0.3, -0.25) is 4.79 Å². The van der Waals surface area contributed by atoms with Crippen LogP contribution in [0.2, 0.25) is 0 Å². The number of nitrogens with zero attached hydrogens (tertiary/aromatic N) is 3. The summed E-state index contributed by atoms with van der Waals surface area (Å²) in [6.45, 7) is 1.87. The van der Waals surface area contributed by atoms with Crippen LogP contribution in [0.25, 0.3) is 0 Å². The molecule has 16 heavy (non-hydrogen) atoms. The number of hydrogen-bond acceptors (Lipinski definition) is 5. The van der Waals surface area contributed by atoms with Gasteiger partial charge in [-0.15, -0.1) is 5.10 Å². The summed E-state index contributed by atoms with van der Waals surface area (Å²) in [4.78, 5) is 15.8. The molecule has 2 aromatic heterocycles. The van der Waals surface area contributed by atoms with Crippen LogP contribution in [0, 0.1) is 6.92 Å². The summed E-state index contributed by atoms with van der Waals surface area (Å²) >= 11 is 4.44. The zero-order chi connectivity index (χ0) is 11.5. The fraction of sp³-hybridized carbons (Fsp3) is 0.111. The van der Waals surface area contributed by atoms with Gasteiger partial charge in [-0.2, -0.15) is 0 Å². The maximum atomic E-state index is 11.7. The lowest BCUT2D eigenvalue weighted by Crippen LogP contribution is -2.14. The Morgan fingerprint density at radius 3 is 3.00 bits per heavy atom. The molecule has 0 bridgehead atoms. The fourth-order valence-electron chi connectivity index (χ4n) is 1.11. The summed E-state index contributed by atoms with van der Waals surface area (Å²) in [6.07, 6.45) is 1.63. The molecule has 0 fully saturated rings. The van der Waals surface area contributed by atoms with E-state index in [0.717, 1.165) is 21.6 Å². The van der Waals surface area contributed by atoms with Crippen molar-refractivity contribution < 1.29 is 4.79 Å². The molecule has 0 saturated carbocycles. The molecule has 82 valence electrons. The number of halogens is 1. The molecule has 0 atom stereocenters. The maximum absolute atomic E-state index is 11.7. The minimum absolute atomic E-state index is 0.299. The van der Waals surface area contributed by atoms with Gasteiger partial charge in [0.2, 0.25) is 0 Å². The molecule has 1 N–H and O–H groups in total. The molecule has 0 radical (unpaired) electrons. The monoisotopic (exact) mass is 298 g/mol. The van der Waals surface area contributed by atoms with Gasteiger partial charge in [0.15, 0.2) is 5.69 Å². The molecule has 2 heterocycles. The zero-order valence-corrected chi connectivity index (χ0v) is 10.7. The summed E-state index contributed by atoms with van der Waals surface area (Å²) < 4.78 is 4.50. The fourth-order valence-corrected chi connectivity index (χ4v) is 1.99. The predicted octanol–water partition coefficient (Wildman–Crippen LogP) is 2.26. The maximum Gasteiger partial charge on any atom is 0.278 e. The second-order valence-corrected chi connectivity index (χ2v) is 4.59. The van der Waals surface area contributed by atoms with E-state index >= 15 is 0 Å². The molecule has 0 spiro atoms. The van der Waals surface area contributed by atoms with Gasteiger partial charge in [0.1, 0.15) is 5.82 Å². The van der Waals surface area contributed by atoms with Crippen LogP contribution in [0.4, 0.5) is 5.82 Å². The van der Waals surface area contributed by atoms with Crippen LogP contribution in [-0.4, -0.2) is 20.5 Å². The Morgan fingerprint density at radius 1 is 1.56 bits per heavy atom. The second kappa shape index (κ2) is 4.67. The first kappa shape index (κ1) is 11.2. The predicted molar refractivity (Wildman–Crippen MR) is 64.5 cm³/mol. The third-order valence-electron chi connectivity index (χ3n) is 1.87. The third-order valence-corrected chi connectivity index (χ3v) is 2.81. The van der Waals surface area contributed by atoms with E-state index in [1.54, 1.807) is 11.6 Å². The van der Waals surface area contributed by atoms with Crippen LogP contribution in [0.5, 0.6) is 0 Å². The average Bonchev–Trinajstić information content (AvgIpc) is 2.75. The largest absolute Gasteiger partial charge is 0.305 e. The van der Waals surface area contributed by atoms with Crippen molar-refractivity contribution in [3.8, 4) is 0 Å². The average molecular weight is 299 g/mol. The number of pyridine rings is 1. The molecular weight excluding hydrogens is 292 g/mol. The van der Waals surface area contributed by atoms with E-state index in [0.29, 0.717) is 11.5 Å². The number of nitrogens with one attached hydrogen (secondary N) is 1. The molecule has 2 aromatic rings. The first-order chi connectivity index (χ1) is 7.66. The Labute approximate surface area is 104 Å². The van der Waals surface area contributed by atoms with Crippen molar-refractivity contribution in [2.75, 3.05) is 5.32 Å². The molecule has 0 unspecified atom stereocenters. The molecule has 0 aliphatic carbocycles. The minimum atomic E-state index is -0.299. The van der Waals surface area contributed by atoms with Gasteiger partial charge in [-0.05, 0) is 46.0 Å². The van der Waals surface area contributed by atoms with Gasteiger partial charge in [0, 0.05) is 16.0 Å². The van der Waals surface area contributed by atoms with Gasteiger partial charge in [0.05, 0.1) is 0 Å². The highest BCUT2D eigenvalue weighted by Crippen LogP contribution is 2.17. The minimum Gasteiger partial charge on any atom is -0.305 e. The summed E-state index contributed by atoms with van der Waals surface area (Å²) in [5.41, 5.74) is 1.18. The van der Waals surface area contributed by atoms with E-state index in [4.69, 9.17) is 0 Å². The Bertz CT molecular complexity index is 514. The number of rotatable bonds is 2. The van der Waals surface area contributed by atoms with E-state index in [1.165, 1.54) is 0 Å². The van der Waals surface area contributed by atoms with E-state index in [9.17, 15) is 4.79 Å². The number of aryl methyl sites for hydroxylation is 1. The first-order valence-electron chi connectivity index (χ1n) is 4.37. The molecule has 1 amide bonds. The van der Waals surface area contributed by atoms with Crippen molar-refractivity contribution in [3.63, 3.8) is 0 Å². The summed E-state index contributed by atoms with van der Waals surface area (Å²) in [7, 11) is 0. The molecule has 2 rings (SSSR count). The Balaban J connectivity index is 2.18. The molecule has 0 aromatic carbocycles. The van der Waals surface area contributed by atoms with Gasteiger partial charge < -0.3 is 5.32 Å². The lowest BCUT2D eigenvalue weighted by atomic mass is 10.3. The summed E-state index contributed by atoms with van der Waals surface area (Å²) in [5, 5.41) is 7.94. The highest BCUT2D eigenvalue weighted by Gasteiger charge is 2.11. The topological polar surface area (TPSA) is 67.8 Å². The van der Waals surface area contributed by atoms with Gasteiger partial charge in [-0.25, -0.2) is 4.98 Å². The quantitative estimate of drug-likeness (QED) is 0.923. The molecule has 0 saturated heterocycles. The third kappa shape index (κ3) is 2.42. The number of carbonyl (C=O) groups excluding carboxylic acids is 1. The van der Waals surface area contributed by atoms with Crippen molar-refractivity contribution in [1.29, 1.82) is 0 Å². The van der Waals surface area contributed by atoms with Crippen molar-refractivity contribution in [2.45, 2.75) is 6.92 Å². The van der Waals surface area contributed by atoms with Crippen molar-refractivity contribution in [3.05, 3.63) is 33.4 Å². The second-order valence-electron chi connectivity index (χ2n) is 3.06. The molecule has 5 nitrogen and oxygen atoms in total. The van der Waals surface area contributed by atoms with Crippen LogP contribution in [-0.2, 0) is 0 Å². The van der Waals surface area contributed by atoms with Gasteiger partial charge in [-0.1, -0.05) is 4.49 Å². The number of hydrogen-bond donors (Lipinski definition) is 1. The Kier molecular flexibility index (Phi) is 3.25. The van der Waals surface area contributed by atoms with Crippen molar-refractivity contribution in [1.82, 2.24) is 14.6 Å². The normalized spacial score (nSPS) is 10.1. The van der Waals surface area contributed by atoms with E-state index in [1.807, 2.05) is 13.0 Å². The van der Waals surface area contributed by atoms with Crippen molar-refractivity contribution >= 4 is 39.2 Å². The van der Waals surface area contributed by atoms with E-state index in [2.05, 4.69) is 35.8 Å². The molecule has 7 heteroatoms. The number of carbonyl (C=O) groups is 1. The first-order valence-corrected chi connectivity index (χ1v) is 6.00. The van der Waals surface area contributed by atoms with Crippen LogP contribution < -0.4 is 5.32 Å². The molecular formula is C9H7BrN4OS. The van der Waals surface area contributed by atoms with Crippen LogP contribution in [0.3, 0.4) is 0 Å². The van der Waals surface area contributed by atoms with E-state index < -0.39 is 0 Å². The lowest BCUT2D eigenvalue weighted by Gasteiger charge is -2.05. The molecule has 0 aliphatic rings. The molecule has 0 aliphatic heterocycles. The Hall–Kier alpha value is -1.34. The lowest BCUT2D eigenvalue weighted by molar-refractivity contribution is 0.102. The van der Waals surface area contributed by atoms with Crippen molar-refractivity contribution in [2.24, 2.45) is 0 Å². The summed E-state index contributed by atoms with van der Waals surface area (Å²) in [5.74, 6) is 0.230. The number of aromatic nitrogens is 3. The summed E-state index contributed by atoms with van der Waals surface area (Å²) in [6, 6.07) is 1.88.